The molecule has 0 saturated carbocycles. The molecule has 8 heteroatoms. The first kappa shape index (κ1) is 17.0. The van der Waals surface area contributed by atoms with Crippen molar-refractivity contribution < 1.29 is 24.2 Å². The van der Waals surface area contributed by atoms with Gasteiger partial charge in [0, 0.05) is 6.07 Å². The van der Waals surface area contributed by atoms with Gasteiger partial charge in [0.2, 0.25) is 0 Å². The highest BCUT2D eigenvalue weighted by Gasteiger charge is 2.33. The number of anilines is 1. The molecule has 0 unspecified atom stereocenters. The number of aromatic hydroxyl groups is 1. The number of carbonyl (C=O) groups excluding carboxylic acids is 1. The average molecular weight is 373 g/mol. The minimum atomic E-state index is -1.25. The van der Waals surface area contributed by atoms with Crippen LogP contribution >= 0.6 is 24.0 Å². The molecule has 0 atom stereocenters. The average Bonchev–Trinajstić information content (AvgIpc) is 3.16. The Morgan fingerprint density at radius 3 is 2.76 bits per heavy atom. The highest BCUT2D eigenvalue weighted by molar-refractivity contribution is 8.27. The van der Waals surface area contributed by atoms with Crippen LogP contribution in [0.25, 0.3) is 6.08 Å². The quantitative estimate of drug-likeness (QED) is 0.624. The number of aromatic carboxylic acids is 1. The number of hydrogen-bond acceptors (Lipinski definition) is 6. The summed E-state index contributed by atoms with van der Waals surface area (Å²) >= 11 is 6.34. The zero-order valence-corrected chi connectivity index (χ0v) is 14.2. The van der Waals surface area contributed by atoms with Crippen molar-refractivity contribution in [2.24, 2.45) is 0 Å². The van der Waals surface area contributed by atoms with E-state index < -0.39 is 11.7 Å². The molecule has 2 N–H and O–H groups in total. The number of allylic oxidation sites excluding steroid dienone is 2. The molecule has 2 heterocycles. The number of carboxylic acids is 1. The Morgan fingerprint density at radius 2 is 2.12 bits per heavy atom. The van der Waals surface area contributed by atoms with E-state index in [4.69, 9.17) is 21.7 Å². The van der Waals surface area contributed by atoms with Gasteiger partial charge in [0.05, 0.1) is 16.9 Å². The van der Waals surface area contributed by atoms with E-state index in [9.17, 15) is 14.7 Å². The molecule has 1 saturated heterocycles. The Kier molecular flexibility index (Phi) is 4.73. The van der Waals surface area contributed by atoms with Crippen molar-refractivity contribution in [2.45, 2.75) is 0 Å². The summed E-state index contributed by atoms with van der Waals surface area (Å²) in [5.74, 6) is -1.37. The third kappa shape index (κ3) is 3.49. The van der Waals surface area contributed by atoms with Crippen molar-refractivity contribution in [1.82, 2.24) is 0 Å². The van der Waals surface area contributed by atoms with Crippen LogP contribution in [0.4, 0.5) is 5.69 Å². The third-order valence-electron chi connectivity index (χ3n) is 3.31. The van der Waals surface area contributed by atoms with E-state index in [1.807, 2.05) is 0 Å². The molecule has 0 aliphatic carbocycles. The lowest BCUT2D eigenvalue weighted by molar-refractivity contribution is -0.113. The lowest BCUT2D eigenvalue weighted by Gasteiger charge is -2.15. The van der Waals surface area contributed by atoms with Gasteiger partial charge in [-0.25, -0.2) is 4.79 Å². The SMILES string of the molecule is O=C(O)c1ccc(N2C(=O)/C(=C/C=C/c3ccco3)SC2=S)cc1O. The molecule has 1 amide bonds. The minimum Gasteiger partial charge on any atom is -0.507 e. The Morgan fingerprint density at radius 1 is 1.32 bits per heavy atom. The molecule has 1 aliphatic heterocycles. The third-order valence-corrected chi connectivity index (χ3v) is 4.64. The van der Waals surface area contributed by atoms with E-state index >= 15 is 0 Å². The zero-order chi connectivity index (χ0) is 18.0. The van der Waals surface area contributed by atoms with Gasteiger partial charge >= 0.3 is 5.97 Å². The summed E-state index contributed by atoms with van der Waals surface area (Å²) in [4.78, 5) is 25.1. The zero-order valence-electron chi connectivity index (χ0n) is 12.6. The van der Waals surface area contributed by atoms with Crippen LogP contribution in [-0.4, -0.2) is 26.4 Å². The van der Waals surface area contributed by atoms with Gasteiger partial charge in [-0.1, -0.05) is 30.1 Å². The number of rotatable bonds is 4. The highest BCUT2D eigenvalue weighted by Crippen LogP contribution is 2.36. The van der Waals surface area contributed by atoms with Gasteiger partial charge < -0.3 is 14.6 Å². The van der Waals surface area contributed by atoms with Gasteiger partial charge in [-0.3, -0.25) is 9.69 Å². The predicted molar refractivity (Wildman–Crippen MR) is 98.6 cm³/mol. The molecular weight excluding hydrogens is 362 g/mol. The fourth-order valence-corrected chi connectivity index (χ4v) is 3.41. The van der Waals surface area contributed by atoms with Crippen LogP contribution in [0.1, 0.15) is 16.1 Å². The number of amides is 1. The van der Waals surface area contributed by atoms with Crippen LogP contribution in [0, 0.1) is 0 Å². The second-order valence-electron chi connectivity index (χ2n) is 4.92. The molecule has 6 nitrogen and oxygen atoms in total. The molecule has 3 rings (SSSR count). The van der Waals surface area contributed by atoms with Gasteiger partial charge in [0.25, 0.3) is 5.91 Å². The molecule has 1 aromatic carbocycles. The van der Waals surface area contributed by atoms with Gasteiger partial charge in [-0.05, 0) is 36.4 Å². The summed E-state index contributed by atoms with van der Waals surface area (Å²) in [7, 11) is 0. The van der Waals surface area contributed by atoms with Gasteiger partial charge in [0.15, 0.2) is 4.32 Å². The second kappa shape index (κ2) is 6.96. The Bertz CT molecular complexity index is 915. The van der Waals surface area contributed by atoms with Crippen LogP contribution in [-0.2, 0) is 4.79 Å². The highest BCUT2D eigenvalue weighted by atomic mass is 32.2. The monoisotopic (exact) mass is 373 g/mol. The Labute approximate surface area is 152 Å². The fourth-order valence-electron chi connectivity index (χ4n) is 2.16. The topological polar surface area (TPSA) is 91.0 Å². The second-order valence-corrected chi connectivity index (χ2v) is 6.60. The first-order valence-corrected chi connectivity index (χ1v) is 8.24. The van der Waals surface area contributed by atoms with Crippen LogP contribution in [0.3, 0.4) is 0 Å². The molecule has 25 heavy (non-hydrogen) atoms. The largest absolute Gasteiger partial charge is 0.507 e. The smallest absolute Gasteiger partial charge is 0.339 e. The molecule has 2 aromatic rings. The van der Waals surface area contributed by atoms with Gasteiger partial charge in [-0.15, -0.1) is 0 Å². The van der Waals surface area contributed by atoms with E-state index in [1.54, 1.807) is 36.6 Å². The number of nitrogens with zero attached hydrogens (tertiary/aromatic N) is 1. The van der Waals surface area contributed by atoms with Crippen molar-refractivity contribution >= 4 is 51.9 Å². The van der Waals surface area contributed by atoms with Crippen molar-refractivity contribution in [1.29, 1.82) is 0 Å². The number of thioether (sulfide) groups is 1. The molecule has 1 fully saturated rings. The van der Waals surface area contributed by atoms with E-state index in [2.05, 4.69) is 0 Å². The number of furan rings is 1. The maximum Gasteiger partial charge on any atom is 0.339 e. The fraction of sp³-hybridized carbons (Fsp3) is 0. The Hall–Kier alpha value is -2.84. The molecule has 1 aromatic heterocycles. The number of carbonyl (C=O) groups is 2. The van der Waals surface area contributed by atoms with Crippen molar-refractivity contribution in [3.05, 3.63) is 65.0 Å². The summed E-state index contributed by atoms with van der Waals surface area (Å²) in [5, 5.41) is 18.8. The summed E-state index contributed by atoms with van der Waals surface area (Å²) in [5.41, 5.74) is 0.0644. The number of hydrogen-bond donors (Lipinski definition) is 2. The normalized spacial score (nSPS) is 16.3. The minimum absolute atomic E-state index is 0.244. The van der Waals surface area contributed by atoms with Gasteiger partial charge in [-0.2, -0.15) is 0 Å². The van der Waals surface area contributed by atoms with E-state index in [1.165, 1.54) is 23.1 Å². The summed E-state index contributed by atoms with van der Waals surface area (Å²) in [6, 6.07) is 7.40. The Balaban J connectivity index is 1.84. The standard InChI is InChI=1S/C17H11NO5S2/c19-13-9-10(6-7-12(13)16(21)22)18-15(20)14(25-17(18)24)5-1-3-11-4-2-8-23-11/h1-9,19H,(H,21,22)/b3-1+,14-5-. The first-order valence-electron chi connectivity index (χ1n) is 7.02. The number of thiocarbonyl (C=S) groups is 1. The number of carboxylic acid groups (broad SMARTS) is 1. The molecule has 0 bridgehead atoms. The van der Waals surface area contributed by atoms with Crippen LogP contribution < -0.4 is 4.90 Å². The van der Waals surface area contributed by atoms with Crippen molar-refractivity contribution in [3.8, 4) is 5.75 Å². The van der Waals surface area contributed by atoms with E-state index in [-0.39, 0.29) is 11.5 Å². The molecule has 0 spiro atoms. The van der Waals surface area contributed by atoms with Gasteiger partial charge in [0.1, 0.15) is 17.1 Å². The van der Waals surface area contributed by atoms with Crippen LogP contribution in [0.2, 0.25) is 0 Å². The maximum absolute atomic E-state index is 12.5. The van der Waals surface area contributed by atoms with Crippen molar-refractivity contribution in [3.63, 3.8) is 0 Å². The van der Waals surface area contributed by atoms with Crippen LogP contribution in [0.15, 0.2) is 58.1 Å². The maximum atomic E-state index is 12.5. The number of benzene rings is 1. The van der Waals surface area contributed by atoms with E-state index in [0.717, 1.165) is 11.8 Å². The van der Waals surface area contributed by atoms with Crippen molar-refractivity contribution in [2.75, 3.05) is 4.90 Å². The van der Waals surface area contributed by atoms with E-state index in [0.29, 0.717) is 20.7 Å². The summed E-state index contributed by atoms with van der Waals surface area (Å²) in [6.07, 6.45) is 6.55. The van der Waals surface area contributed by atoms with Crippen LogP contribution in [0.5, 0.6) is 5.75 Å². The molecular formula is C17H11NO5S2. The first-order chi connectivity index (χ1) is 12.0. The predicted octanol–water partition coefficient (Wildman–Crippen LogP) is 3.65. The summed E-state index contributed by atoms with van der Waals surface area (Å²) < 4.78 is 5.46. The molecule has 126 valence electrons. The summed E-state index contributed by atoms with van der Waals surface area (Å²) in [6.45, 7) is 0. The lowest BCUT2D eigenvalue weighted by Crippen LogP contribution is -2.27. The molecule has 1 aliphatic rings. The molecule has 0 radical (unpaired) electrons. The number of phenols is 1. The lowest BCUT2D eigenvalue weighted by atomic mass is 10.1.